The van der Waals surface area contributed by atoms with Crippen LogP contribution in [0.1, 0.15) is 11.3 Å². The minimum atomic E-state index is 0.0393. The molecular formula is C17H15NO2. The first-order chi connectivity index (χ1) is 9.76. The van der Waals surface area contributed by atoms with Crippen LogP contribution in [0.2, 0.25) is 0 Å². The van der Waals surface area contributed by atoms with Crippen molar-refractivity contribution in [1.29, 1.82) is 0 Å². The van der Waals surface area contributed by atoms with E-state index in [1.165, 1.54) is 0 Å². The molecule has 0 saturated carbocycles. The molecule has 0 aliphatic rings. The zero-order valence-electron chi connectivity index (χ0n) is 11.2. The van der Waals surface area contributed by atoms with Gasteiger partial charge in [0.15, 0.2) is 0 Å². The number of benzene rings is 2. The molecule has 2 aromatic carbocycles. The number of aliphatic hydroxyl groups excluding tert-OH is 1. The molecule has 20 heavy (non-hydrogen) atoms. The van der Waals surface area contributed by atoms with E-state index in [1.54, 1.807) is 0 Å². The second kappa shape index (κ2) is 5.31. The minimum absolute atomic E-state index is 0.0393. The Balaban J connectivity index is 2.01. The van der Waals surface area contributed by atoms with Gasteiger partial charge in [-0.25, -0.2) is 0 Å². The van der Waals surface area contributed by atoms with E-state index in [4.69, 9.17) is 9.84 Å². The molecule has 0 fully saturated rings. The van der Waals surface area contributed by atoms with Crippen LogP contribution >= 0.6 is 0 Å². The molecule has 100 valence electrons. The molecule has 0 aliphatic heterocycles. The number of rotatable bonds is 3. The Bertz CT molecular complexity index is 736. The maximum Gasteiger partial charge on any atom is 0.138 e. The number of nitrogens with zero attached hydrogens (tertiary/aromatic N) is 1. The molecule has 0 spiro atoms. The molecule has 1 aromatic heterocycles. The predicted molar refractivity (Wildman–Crippen MR) is 78.9 cm³/mol. The third-order valence-electron chi connectivity index (χ3n) is 3.14. The van der Waals surface area contributed by atoms with Crippen molar-refractivity contribution >= 4 is 10.9 Å². The van der Waals surface area contributed by atoms with Gasteiger partial charge in [-0.15, -0.1) is 0 Å². The fourth-order valence-electron chi connectivity index (χ4n) is 2.14. The van der Waals surface area contributed by atoms with E-state index in [0.717, 1.165) is 33.7 Å². The smallest absolute Gasteiger partial charge is 0.138 e. The Hall–Kier alpha value is -2.39. The SMILES string of the molecule is Cc1cc(Oc2ccc(CO)cc2)c2ccccc2n1. The Morgan fingerprint density at radius 3 is 2.55 bits per heavy atom. The van der Waals surface area contributed by atoms with E-state index < -0.39 is 0 Å². The van der Waals surface area contributed by atoms with Gasteiger partial charge in [-0.1, -0.05) is 24.3 Å². The first-order valence-electron chi connectivity index (χ1n) is 6.50. The fraction of sp³-hybridized carbons (Fsp3) is 0.118. The fourth-order valence-corrected chi connectivity index (χ4v) is 2.14. The molecule has 0 aliphatic carbocycles. The highest BCUT2D eigenvalue weighted by molar-refractivity contribution is 5.85. The van der Waals surface area contributed by atoms with Crippen molar-refractivity contribution in [3.8, 4) is 11.5 Å². The first-order valence-corrected chi connectivity index (χ1v) is 6.50. The van der Waals surface area contributed by atoms with Crippen LogP contribution in [0.5, 0.6) is 11.5 Å². The summed E-state index contributed by atoms with van der Waals surface area (Å²) >= 11 is 0. The van der Waals surface area contributed by atoms with Gasteiger partial charge in [0.25, 0.3) is 0 Å². The molecule has 1 N–H and O–H groups in total. The summed E-state index contributed by atoms with van der Waals surface area (Å²) in [5.41, 5.74) is 2.72. The summed E-state index contributed by atoms with van der Waals surface area (Å²) < 4.78 is 5.95. The van der Waals surface area contributed by atoms with Crippen LogP contribution in [0.3, 0.4) is 0 Å². The largest absolute Gasteiger partial charge is 0.457 e. The molecule has 3 heteroatoms. The number of pyridine rings is 1. The molecule has 0 atom stereocenters. The molecule has 0 unspecified atom stereocenters. The van der Waals surface area contributed by atoms with E-state index >= 15 is 0 Å². The van der Waals surface area contributed by atoms with Crippen LogP contribution in [0.4, 0.5) is 0 Å². The summed E-state index contributed by atoms with van der Waals surface area (Å²) in [5.74, 6) is 1.54. The Morgan fingerprint density at radius 1 is 1.05 bits per heavy atom. The third-order valence-corrected chi connectivity index (χ3v) is 3.14. The van der Waals surface area contributed by atoms with Gasteiger partial charge in [0.1, 0.15) is 11.5 Å². The lowest BCUT2D eigenvalue weighted by Crippen LogP contribution is -1.91. The highest BCUT2D eigenvalue weighted by Crippen LogP contribution is 2.29. The van der Waals surface area contributed by atoms with Gasteiger partial charge in [0, 0.05) is 17.1 Å². The van der Waals surface area contributed by atoms with Crippen LogP contribution in [0, 0.1) is 6.92 Å². The van der Waals surface area contributed by atoms with E-state index in [-0.39, 0.29) is 6.61 Å². The van der Waals surface area contributed by atoms with E-state index in [1.807, 2.05) is 61.5 Å². The number of para-hydroxylation sites is 1. The van der Waals surface area contributed by atoms with Crippen molar-refractivity contribution in [2.45, 2.75) is 13.5 Å². The Kier molecular flexibility index (Phi) is 3.35. The van der Waals surface area contributed by atoms with Crippen molar-refractivity contribution in [1.82, 2.24) is 4.98 Å². The van der Waals surface area contributed by atoms with Crippen molar-refractivity contribution in [3.05, 3.63) is 65.9 Å². The van der Waals surface area contributed by atoms with Gasteiger partial charge >= 0.3 is 0 Å². The van der Waals surface area contributed by atoms with Crippen LogP contribution in [0.15, 0.2) is 54.6 Å². The monoisotopic (exact) mass is 265 g/mol. The van der Waals surface area contributed by atoms with Crippen molar-refractivity contribution in [2.75, 3.05) is 0 Å². The maximum absolute atomic E-state index is 9.05. The number of aliphatic hydroxyl groups is 1. The summed E-state index contributed by atoms with van der Waals surface area (Å²) in [6.07, 6.45) is 0. The maximum atomic E-state index is 9.05. The Labute approximate surface area is 117 Å². The van der Waals surface area contributed by atoms with Crippen LogP contribution in [0.25, 0.3) is 10.9 Å². The van der Waals surface area contributed by atoms with Crippen molar-refractivity contribution < 1.29 is 9.84 Å². The topological polar surface area (TPSA) is 42.4 Å². The highest BCUT2D eigenvalue weighted by atomic mass is 16.5. The average Bonchev–Trinajstić information content (AvgIpc) is 2.48. The summed E-state index contributed by atoms with van der Waals surface area (Å²) in [5, 5.41) is 10.0. The second-order valence-electron chi connectivity index (χ2n) is 4.68. The van der Waals surface area contributed by atoms with Crippen LogP contribution in [-0.4, -0.2) is 10.1 Å². The highest BCUT2D eigenvalue weighted by Gasteiger charge is 2.06. The Morgan fingerprint density at radius 2 is 1.80 bits per heavy atom. The normalized spacial score (nSPS) is 10.7. The number of ether oxygens (including phenoxy) is 1. The molecule has 0 radical (unpaired) electrons. The van der Waals surface area contributed by atoms with Gasteiger partial charge < -0.3 is 9.84 Å². The number of hydrogen-bond donors (Lipinski definition) is 1. The standard InChI is InChI=1S/C17H15NO2/c1-12-10-17(15-4-2-3-5-16(15)18-12)20-14-8-6-13(11-19)7-9-14/h2-10,19H,11H2,1H3. The molecule has 0 amide bonds. The zero-order chi connectivity index (χ0) is 13.9. The molecule has 3 aromatic rings. The lowest BCUT2D eigenvalue weighted by Gasteiger charge is -2.10. The van der Waals surface area contributed by atoms with E-state index in [2.05, 4.69) is 4.98 Å². The van der Waals surface area contributed by atoms with Gasteiger partial charge in [-0.3, -0.25) is 4.98 Å². The lowest BCUT2D eigenvalue weighted by atomic mass is 10.2. The van der Waals surface area contributed by atoms with Crippen molar-refractivity contribution in [3.63, 3.8) is 0 Å². The van der Waals surface area contributed by atoms with Crippen LogP contribution in [-0.2, 0) is 6.61 Å². The van der Waals surface area contributed by atoms with E-state index in [0.29, 0.717) is 0 Å². The predicted octanol–water partition coefficient (Wildman–Crippen LogP) is 3.83. The molecule has 1 heterocycles. The summed E-state index contributed by atoms with van der Waals surface area (Å²) in [6, 6.07) is 17.3. The molecule has 3 nitrogen and oxygen atoms in total. The van der Waals surface area contributed by atoms with Crippen LogP contribution < -0.4 is 4.74 Å². The van der Waals surface area contributed by atoms with Gasteiger partial charge in [0.2, 0.25) is 0 Å². The summed E-state index contributed by atoms with van der Waals surface area (Å²) in [4.78, 5) is 4.49. The molecular weight excluding hydrogens is 250 g/mol. The summed E-state index contributed by atoms with van der Waals surface area (Å²) in [7, 11) is 0. The zero-order valence-corrected chi connectivity index (χ0v) is 11.2. The van der Waals surface area contributed by atoms with Gasteiger partial charge in [-0.05, 0) is 36.8 Å². The first kappa shape index (κ1) is 12.6. The third kappa shape index (κ3) is 2.49. The van der Waals surface area contributed by atoms with Crippen molar-refractivity contribution in [2.24, 2.45) is 0 Å². The number of aromatic nitrogens is 1. The molecule has 3 rings (SSSR count). The second-order valence-corrected chi connectivity index (χ2v) is 4.68. The van der Waals surface area contributed by atoms with Gasteiger partial charge in [-0.2, -0.15) is 0 Å². The number of fused-ring (bicyclic) bond motifs is 1. The number of hydrogen-bond acceptors (Lipinski definition) is 3. The molecule has 0 saturated heterocycles. The quantitative estimate of drug-likeness (QED) is 0.782. The minimum Gasteiger partial charge on any atom is -0.457 e. The lowest BCUT2D eigenvalue weighted by molar-refractivity contribution is 0.281. The average molecular weight is 265 g/mol. The summed E-state index contributed by atoms with van der Waals surface area (Å²) in [6.45, 7) is 1.99. The molecule has 0 bridgehead atoms. The van der Waals surface area contributed by atoms with Gasteiger partial charge in [0.05, 0.1) is 12.1 Å². The van der Waals surface area contributed by atoms with E-state index in [9.17, 15) is 0 Å². The number of aryl methyl sites for hydroxylation is 1.